The zero-order valence-corrected chi connectivity index (χ0v) is 20.2. The predicted octanol–water partition coefficient (Wildman–Crippen LogP) is 3.14. The van der Waals surface area contributed by atoms with E-state index < -0.39 is 0 Å². The molecule has 2 atom stereocenters. The van der Waals surface area contributed by atoms with Crippen molar-refractivity contribution in [1.82, 2.24) is 15.5 Å². The Morgan fingerprint density at radius 2 is 1.97 bits per heavy atom. The van der Waals surface area contributed by atoms with E-state index in [0.29, 0.717) is 49.5 Å². The molecule has 1 aromatic rings. The molecule has 182 valence electrons. The molecule has 1 aliphatic heterocycles. The van der Waals surface area contributed by atoms with Gasteiger partial charge in [0.15, 0.2) is 0 Å². The summed E-state index contributed by atoms with van der Waals surface area (Å²) in [6.45, 7) is 3.10. The Morgan fingerprint density at radius 3 is 2.67 bits per heavy atom. The average molecular weight is 478 g/mol. The number of halogens is 1. The lowest BCUT2D eigenvalue weighted by atomic mass is 9.84. The number of hydrogen-bond donors (Lipinski definition) is 2. The number of rotatable bonds is 11. The molecule has 2 aliphatic carbocycles. The van der Waals surface area contributed by atoms with Gasteiger partial charge in [-0.15, -0.1) is 0 Å². The molecule has 1 heterocycles. The Kier molecular flexibility index (Phi) is 8.50. The zero-order valence-electron chi connectivity index (χ0n) is 19.5. The van der Waals surface area contributed by atoms with Crippen molar-refractivity contribution in [1.29, 1.82) is 0 Å². The van der Waals surface area contributed by atoms with Gasteiger partial charge >= 0.3 is 0 Å². The van der Waals surface area contributed by atoms with Crippen molar-refractivity contribution < 1.29 is 19.1 Å². The van der Waals surface area contributed by atoms with Gasteiger partial charge in [-0.05, 0) is 49.8 Å². The van der Waals surface area contributed by atoms with E-state index in [1.165, 1.54) is 0 Å². The van der Waals surface area contributed by atoms with E-state index in [1.807, 2.05) is 23.1 Å². The molecule has 0 bridgehead atoms. The number of hydrogen-bond acceptors (Lipinski definition) is 5. The van der Waals surface area contributed by atoms with E-state index in [2.05, 4.69) is 10.6 Å². The number of carbonyl (C=O) groups is 2. The minimum atomic E-state index is -0.122. The van der Waals surface area contributed by atoms with Gasteiger partial charge in [-0.25, -0.2) is 0 Å². The number of ether oxygens (including phenoxy) is 2. The van der Waals surface area contributed by atoms with Gasteiger partial charge in [-0.3, -0.25) is 9.59 Å². The Hall–Kier alpha value is -1.83. The van der Waals surface area contributed by atoms with Crippen LogP contribution in [0.4, 0.5) is 0 Å². The van der Waals surface area contributed by atoms with Crippen LogP contribution in [0.15, 0.2) is 18.2 Å². The van der Waals surface area contributed by atoms with Crippen molar-refractivity contribution in [3.05, 3.63) is 28.8 Å². The van der Waals surface area contributed by atoms with Crippen LogP contribution in [0.25, 0.3) is 0 Å². The molecule has 33 heavy (non-hydrogen) atoms. The summed E-state index contributed by atoms with van der Waals surface area (Å²) >= 11 is 6.32. The summed E-state index contributed by atoms with van der Waals surface area (Å²) in [5.41, 5.74) is 1.01. The van der Waals surface area contributed by atoms with E-state index >= 15 is 0 Å². The molecule has 0 spiro atoms. The monoisotopic (exact) mass is 477 g/mol. The highest BCUT2D eigenvalue weighted by atomic mass is 35.5. The van der Waals surface area contributed by atoms with Crippen molar-refractivity contribution in [3.63, 3.8) is 0 Å². The van der Waals surface area contributed by atoms with Gasteiger partial charge in [0.25, 0.3) is 0 Å². The summed E-state index contributed by atoms with van der Waals surface area (Å²) in [4.78, 5) is 27.9. The fourth-order valence-electron chi connectivity index (χ4n) is 4.58. The molecule has 2 amide bonds. The molecule has 3 aliphatic rings. The fraction of sp³-hybridized carbons (Fsp3) is 0.680. The first-order valence-corrected chi connectivity index (χ1v) is 12.6. The van der Waals surface area contributed by atoms with Gasteiger partial charge in [-0.1, -0.05) is 24.1 Å². The Balaban J connectivity index is 1.36. The van der Waals surface area contributed by atoms with Crippen LogP contribution < -0.4 is 15.4 Å². The van der Waals surface area contributed by atoms with Gasteiger partial charge in [0, 0.05) is 57.8 Å². The van der Waals surface area contributed by atoms with E-state index in [1.54, 1.807) is 7.11 Å². The number of carbonyl (C=O) groups excluding carboxylic acids is 2. The number of nitrogens with zero attached hydrogens (tertiary/aromatic N) is 1. The van der Waals surface area contributed by atoms with Crippen molar-refractivity contribution in [2.75, 3.05) is 33.4 Å². The fourth-order valence-corrected chi connectivity index (χ4v) is 4.75. The first kappa shape index (κ1) is 24.3. The number of amides is 2. The lowest BCUT2D eigenvalue weighted by Crippen LogP contribution is -2.54. The molecule has 3 fully saturated rings. The minimum Gasteiger partial charge on any atom is -0.492 e. The molecule has 1 saturated heterocycles. The lowest BCUT2D eigenvalue weighted by molar-refractivity contribution is -0.138. The molecule has 2 N–H and O–H groups in total. The third-order valence-electron chi connectivity index (χ3n) is 6.89. The molecular weight excluding hydrogens is 442 g/mol. The zero-order chi connectivity index (χ0) is 23.2. The highest BCUT2D eigenvalue weighted by Gasteiger charge is 2.38. The van der Waals surface area contributed by atoms with Crippen LogP contribution in [0.1, 0.15) is 50.5 Å². The SMILES string of the molecule is COCCCOc1cc(CN(C(=O)[C@@H]2CNC[C@H](NC(=O)C3CCC3)C2)C2CC2)ccc1Cl. The van der Waals surface area contributed by atoms with Crippen LogP contribution in [0.3, 0.4) is 0 Å². The van der Waals surface area contributed by atoms with Gasteiger partial charge in [0.2, 0.25) is 11.8 Å². The predicted molar refractivity (Wildman–Crippen MR) is 127 cm³/mol. The van der Waals surface area contributed by atoms with Crippen LogP contribution >= 0.6 is 11.6 Å². The number of piperidine rings is 1. The second kappa shape index (κ2) is 11.5. The maximum absolute atomic E-state index is 13.5. The summed E-state index contributed by atoms with van der Waals surface area (Å²) in [5, 5.41) is 7.10. The number of methoxy groups -OCH3 is 1. The largest absolute Gasteiger partial charge is 0.492 e. The van der Waals surface area contributed by atoms with Gasteiger partial charge in [0.1, 0.15) is 5.75 Å². The van der Waals surface area contributed by atoms with Crippen LogP contribution in [0.5, 0.6) is 5.75 Å². The minimum absolute atomic E-state index is 0.0180. The average Bonchev–Trinajstić information content (AvgIpc) is 3.60. The molecular formula is C25H36ClN3O4. The normalized spacial score (nSPS) is 23.0. The molecule has 8 heteroatoms. The number of benzene rings is 1. The van der Waals surface area contributed by atoms with Crippen molar-refractivity contribution in [2.45, 2.75) is 63.6 Å². The van der Waals surface area contributed by atoms with Gasteiger partial charge in [0.05, 0.1) is 17.5 Å². The van der Waals surface area contributed by atoms with Crippen LogP contribution in [0, 0.1) is 11.8 Å². The highest BCUT2D eigenvalue weighted by Crippen LogP contribution is 2.33. The van der Waals surface area contributed by atoms with Crippen molar-refractivity contribution >= 4 is 23.4 Å². The standard InChI is InChI=1S/C25H36ClN3O4/c1-32-10-3-11-33-23-12-17(6-9-22(23)26)16-29(21-7-8-21)25(31)19-13-20(15-27-14-19)28-24(30)18-4-2-5-18/h6,9,12,18-21,27H,2-5,7-8,10-11,13-16H2,1H3,(H,28,30)/t19-,20+/m0/s1. The summed E-state index contributed by atoms with van der Waals surface area (Å²) < 4.78 is 10.9. The van der Waals surface area contributed by atoms with Crippen LogP contribution in [-0.4, -0.2) is 62.2 Å². The smallest absolute Gasteiger partial charge is 0.227 e. The summed E-state index contributed by atoms with van der Waals surface area (Å²) in [5.74, 6) is 1.01. The summed E-state index contributed by atoms with van der Waals surface area (Å²) in [6, 6.07) is 6.06. The first-order chi connectivity index (χ1) is 16.0. The summed E-state index contributed by atoms with van der Waals surface area (Å²) in [7, 11) is 1.67. The summed E-state index contributed by atoms with van der Waals surface area (Å²) in [6.07, 6.45) is 6.69. The van der Waals surface area contributed by atoms with E-state index in [0.717, 1.165) is 50.6 Å². The van der Waals surface area contributed by atoms with Gasteiger partial charge < -0.3 is 25.0 Å². The third-order valence-corrected chi connectivity index (χ3v) is 7.20. The highest BCUT2D eigenvalue weighted by molar-refractivity contribution is 6.32. The second-order valence-electron chi connectivity index (χ2n) is 9.58. The second-order valence-corrected chi connectivity index (χ2v) is 9.99. The topological polar surface area (TPSA) is 79.9 Å². The van der Waals surface area contributed by atoms with Crippen LogP contribution in [-0.2, 0) is 20.9 Å². The van der Waals surface area contributed by atoms with Crippen LogP contribution in [0.2, 0.25) is 5.02 Å². The molecule has 1 aromatic carbocycles. The number of nitrogens with one attached hydrogen (secondary N) is 2. The molecule has 7 nitrogen and oxygen atoms in total. The van der Waals surface area contributed by atoms with Crippen molar-refractivity contribution in [2.24, 2.45) is 11.8 Å². The Morgan fingerprint density at radius 1 is 1.15 bits per heavy atom. The Bertz CT molecular complexity index is 828. The first-order valence-electron chi connectivity index (χ1n) is 12.3. The maximum Gasteiger partial charge on any atom is 0.227 e. The van der Waals surface area contributed by atoms with E-state index in [4.69, 9.17) is 21.1 Å². The quantitative estimate of drug-likeness (QED) is 0.479. The van der Waals surface area contributed by atoms with Gasteiger partial charge in [-0.2, -0.15) is 0 Å². The lowest BCUT2D eigenvalue weighted by Gasteiger charge is -2.35. The molecule has 0 aromatic heterocycles. The molecule has 2 saturated carbocycles. The maximum atomic E-state index is 13.5. The molecule has 4 rings (SSSR count). The molecule has 0 radical (unpaired) electrons. The van der Waals surface area contributed by atoms with E-state index in [-0.39, 0.29) is 29.7 Å². The Labute approximate surface area is 201 Å². The van der Waals surface area contributed by atoms with Crippen molar-refractivity contribution in [3.8, 4) is 5.75 Å². The third kappa shape index (κ3) is 6.61. The van der Waals surface area contributed by atoms with E-state index in [9.17, 15) is 9.59 Å². The molecule has 0 unspecified atom stereocenters.